The lowest BCUT2D eigenvalue weighted by Crippen LogP contribution is -2.29. The van der Waals surface area contributed by atoms with Gasteiger partial charge >= 0.3 is 0 Å². The maximum Gasteiger partial charge on any atom is 0.176 e. The van der Waals surface area contributed by atoms with E-state index in [9.17, 15) is 0 Å². The third kappa shape index (κ3) is 2.82. The summed E-state index contributed by atoms with van der Waals surface area (Å²) in [6.45, 7) is 0. The Kier molecular flexibility index (Phi) is 3.97. The molecule has 1 fully saturated rings. The molecule has 0 bridgehead atoms. The number of methoxy groups -OCH3 is 1. The molecular weight excluding hydrogens is 252 g/mol. The van der Waals surface area contributed by atoms with E-state index in [1.54, 1.807) is 24.2 Å². The number of aromatic nitrogens is 3. The molecule has 2 aromatic rings. The van der Waals surface area contributed by atoms with Crippen molar-refractivity contribution in [2.75, 3.05) is 12.4 Å². The van der Waals surface area contributed by atoms with Gasteiger partial charge in [0.1, 0.15) is 0 Å². The van der Waals surface area contributed by atoms with Gasteiger partial charge in [0.15, 0.2) is 5.82 Å². The van der Waals surface area contributed by atoms with Crippen LogP contribution in [-0.2, 0) is 4.74 Å². The molecule has 0 amide bonds. The largest absolute Gasteiger partial charge is 0.381 e. The first-order valence-corrected chi connectivity index (χ1v) is 7.11. The fraction of sp³-hybridized carbons (Fsp3) is 0.467. The van der Waals surface area contributed by atoms with E-state index in [0.717, 1.165) is 37.2 Å². The Morgan fingerprint density at radius 1 is 1.20 bits per heavy atom. The first-order chi connectivity index (χ1) is 9.86. The number of ether oxygens (including phenoxy) is 1. The van der Waals surface area contributed by atoms with E-state index >= 15 is 0 Å². The van der Waals surface area contributed by atoms with Crippen LogP contribution in [-0.4, -0.2) is 34.0 Å². The number of hydrogen-bond donors (Lipinski definition) is 1. The molecule has 0 saturated heterocycles. The topological polar surface area (TPSA) is 52.0 Å². The maximum atomic E-state index is 5.42. The predicted molar refractivity (Wildman–Crippen MR) is 78.0 cm³/mol. The molecule has 0 radical (unpaired) electrons. The highest BCUT2D eigenvalue weighted by molar-refractivity contribution is 5.56. The van der Waals surface area contributed by atoms with Gasteiger partial charge in [-0.1, -0.05) is 0 Å². The second-order valence-corrected chi connectivity index (χ2v) is 5.18. The lowest BCUT2D eigenvalue weighted by Gasteiger charge is -2.29. The summed E-state index contributed by atoms with van der Waals surface area (Å²) in [6, 6.07) is 6.41. The monoisotopic (exact) mass is 272 g/mol. The Hall–Kier alpha value is -1.88. The van der Waals surface area contributed by atoms with Gasteiger partial charge in [-0.3, -0.25) is 0 Å². The molecule has 0 spiro atoms. The van der Waals surface area contributed by atoms with Crippen LogP contribution in [0.1, 0.15) is 25.7 Å². The fourth-order valence-electron chi connectivity index (χ4n) is 2.75. The number of nitrogens with zero attached hydrogens (tertiary/aromatic N) is 3. The van der Waals surface area contributed by atoms with Crippen molar-refractivity contribution in [1.82, 2.24) is 14.8 Å². The first kappa shape index (κ1) is 13.1. The number of nitrogens with one attached hydrogen (secondary N) is 1. The molecule has 2 aromatic heterocycles. The summed E-state index contributed by atoms with van der Waals surface area (Å²) >= 11 is 0. The molecule has 5 nitrogen and oxygen atoms in total. The summed E-state index contributed by atoms with van der Waals surface area (Å²) in [5.74, 6) is 0.853. The average Bonchev–Trinajstić information content (AvgIpc) is 3.03. The van der Waals surface area contributed by atoms with Crippen molar-refractivity contribution in [2.24, 2.45) is 0 Å². The molecule has 0 aromatic carbocycles. The molecule has 2 heterocycles. The first-order valence-electron chi connectivity index (χ1n) is 7.11. The Balaban J connectivity index is 1.72. The van der Waals surface area contributed by atoms with Crippen LogP contribution in [0, 0.1) is 0 Å². The minimum Gasteiger partial charge on any atom is -0.381 e. The zero-order valence-electron chi connectivity index (χ0n) is 11.7. The Morgan fingerprint density at radius 2 is 2.05 bits per heavy atom. The minimum absolute atomic E-state index is 0.424. The van der Waals surface area contributed by atoms with Gasteiger partial charge in [0.05, 0.1) is 11.8 Å². The third-order valence-corrected chi connectivity index (χ3v) is 3.88. The second-order valence-electron chi connectivity index (χ2n) is 5.18. The van der Waals surface area contributed by atoms with Crippen molar-refractivity contribution in [3.8, 4) is 5.82 Å². The van der Waals surface area contributed by atoms with Crippen LogP contribution in [0.3, 0.4) is 0 Å². The van der Waals surface area contributed by atoms with Crippen LogP contribution < -0.4 is 5.32 Å². The Bertz CT molecular complexity index is 533. The van der Waals surface area contributed by atoms with Crippen molar-refractivity contribution >= 4 is 5.69 Å². The van der Waals surface area contributed by atoms with Crippen LogP contribution in [0.4, 0.5) is 5.69 Å². The molecule has 3 rings (SSSR count). The van der Waals surface area contributed by atoms with Crippen LogP contribution in [0.2, 0.25) is 0 Å². The minimum atomic E-state index is 0.424. The fourth-order valence-corrected chi connectivity index (χ4v) is 2.75. The van der Waals surface area contributed by atoms with Gasteiger partial charge < -0.3 is 10.1 Å². The van der Waals surface area contributed by atoms with Gasteiger partial charge in [-0.05, 0) is 43.9 Å². The summed E-state index contributed by atoms with van der Waals surface area (Å²) in [4.78, 5) is 4.43. The molecule has 20 heavy (non-hydrogen) atoms. The SMILES string of the molecule is COC1CCC(Nc2cccnc2-n2cccn2)CC1. The molecule has 1 aliphatic carbocycles. The second kappa shape index (κ2) is 6.05. The zero-order valence-corrected chi connectivity index (χ0v) is 11.7. The molecular formula is C15H20N4O. The molecule has 1 N–H and O–H groups in total. The van der Waals surface area contributed by atoms with Crippen molar-refractivity contribution in [1.29, 1.82) is 0 Å². The standard InChI is InChI=1S/C15H20N4O/c1-20-13-7-5-12(6-8-13)18-14-4-2-9-16-15(14)19-11-3-10-17-19/h2-4,9-13,18H,5-8H2,1H3. The Labute approximate surface area is 119 Å². The molecule has 5 heteroatoms. The quantitative estimate of drug-likeness (QED) is 0.929. The number of rotatable bonds is 4. The van der Waals surface area contributed by atoms with E-state index in [-0.39, 0.29) is 0 Å². The smallest absolute Gasteiger partial charge is 0.176 e. The van der Waals surface area contributed by atoms with Crippen LogP contribution >= 0.6 is 0 Å². The molecule has 1 aliphatic rings. The molecule has 0 aliphatic heterocycles. The van der Waals surface area contributed by atoms with Gasteiger partial charge in [-0.25, -0.2) is 9.67 Å². The van der Waals surface area contributed by atoms with Crippen molar-refractivity contribution in [3.63, 3.8) is 0 Å². The molecule has 0 unspecified atom stereocenters. The molecule has 106 valence electrons. The van der Waals surface area contributed by atoms with Gasteiger partial charge in [0.25, 0.3) is 0 Å². The van der Waals surface area contributed by atoms with Gasteiger partial charge in [-0.2, -0.15) is 5.10 Å². The Morgan fingerprint density at radius 3 is 2.75 bits per heavy atom. The van der Waals surface area contributed by atoms with Crippen molar-refractivity contribution < 1.29 is 4.74 Å². The summed E-state index contributed by atoms with van der Waals surface area (Å²) in [6.07, 6.45) is 10.4. The average molecular weight is 272 g/mol. The van der Waals surface area contributed by atoms with Crippen LogP contribution in [0.25, 0.3) is 5.82 Å². The molecule has 1 saturated carbocycles. The molecule has 0 atom stereocenters. The normalized spacial score (nSPS) is 22.6. The maximum absolute atomic E-state index is 5.42. The van der Waals surface area contributed by atoms with E-state index < -0.39 is 0 Å². The highest BCUT2D eigenvalue weighted by Gasteiger charge is 2.21. The van der Waals surface area contributed by atoms with E-state index in [2.05, 4.69) is 21.5 Å². The van der Waals surface area contributed by atoms with E-state index in [0.29, 0.717) is 12.1 Å². The number of pyridine rings is 1. The number of hydrogen-bond acceptors (Lipinski definition) is 4. The van der Waals surface area contributed by atoms with Crippen LogP contribution in [0.15, 0.2) is 36.8 Å². The summed E-state index contributed by atoms with van der Waals surface area (Å²) in [7, 11) is 1.80. The van der Waals surface area contributed by atoms with E-state index in [1.807, 2.05) is 18.3 Å². The van der Waals surface area contributed by atoms with Crippen molar-refractivity contribution in [3.05, 3.63) is 36.8 Å². The lowest BCUT2D eigenvalue weighted by molar-refractivity contribution is 0.0682. The zero-order chi connectivity index (χ0) is 13.8. The van der Waals surface area contributed by atoms with E-state index in [1.165, 1.54) is 0 Å². The lowest BCUT2D eigenvalue weighted by atomic mass is 9.93. The van der Waals surface area contributed by atoms with Crippen molar-refractivity contribution in [2.45, 2.75) is 37.8 Å². The van der Waals surface area contributed by atoms with Gasteiger partial charge in [-0.15, -0.1) is 0 Å². The summed E-state index contributed by atoms with van der Waals surface area (Å²) in [5.41, 5.74) is 1.04. The predicted octanol–water partition coefficient (Wildman–Crippen LogP) is 2.64. The third-order valence-electron chi connectivity index (χ3n) is 3.88. The summed E-state index contributed by atoms with van der Waals surface area (Å²) in [5, 5.41) is 7.86. The summed E-state index contributed by atoms with van der Waals surface area (Å²) < 4.78 is 7.21. The highest BCUT2D eigenvalue weighted by atomic mass is 16.5. The number of anilines is 1. The van der Waals surface area contributed by atoms with Crippen LogP contribution in [0.5, 0.6) is 0 Å². The van der Waals surface area contributed by atoms with Gasteiger partial charge in [0, 0.05) is 31.7 Å². The van der Waals surface area contributed by atoms with E-state index in [4.69, 9.17) is 4.74 Å². The highest BCUT2D eigenvalue weighted by Crippen LogP contribution is 2.25. The van der Waals surface area contributed by atoms with Gasteiger partial charge in [0.2, 0.25) is 0 Å².